The van der Waals surface area contributed by atoms with Crippen LogP contribution < -0.4 is 30.7 Å². The van der Waals surface area contributed by atoms with Crippen LogP contribution in [0.4, 0.5) is 22.7 Å². The van der Waals surface area contributed by atoms with E-state index in [0.717, 1.165) is 25.3 Å². The molecule has 0 spiro atoms. The summed E-state index contributed by atoms with van der Waals surface area (Å²) in [6.07, 6.45) is -0.391. The average Bonchev–Trinajstić information content (AvgIpc) is 3.11. The van der Waals surface area contributed by atoms with Gasteiger partial charge in [-0.2, -0.15) is 5.26 Å². The first-order valence-electron chi connectivity index (χ1n) is 14.8. The molecule has 52 heavy (non-hydrogen) atoms. The SMILES string of the molecule is COc1c(NC(=O)c2ccc(NC(=O)c3ccc(NC(=O)C(CC#N)NC(=O)c4ccc([N+](=O)[O-])cc4)cc3)c(OC)c2O)ccc(C(=O)O)c1O. The van der Waals surface area contributed by atoms with Gasteiger partial charge < -0.3 is 46.1 Å². The lowest BCUT2D eigenvalue weighted by molar-refractivity contribution is -0.384. The highest BCUT2D eigenvalue weighted by atomic mass is 16.6. The van der Waals surface area contributed by atoms with Crippen LogP contribution in [0.3, 0.4) is 0 Å². The van der Waals surface area contributed by atoms with Gasteiger partial charge in [-0.3, -0.25) is 29.3 Å². The number of carboxylic acids is 1. The molecule has 4 aromatic carbocycles. The number of aromatic hydroxyl groups is 2. The first-order valence-corrected chi connectivity index (χ1v) is 14.8. The minimum Gasteiger partial charge on any atom is -0.504 e. The molecule has 0 aliphatic rings. The number of nitrogens with zero attached hydrogens (tertiary/aromatic N) is 2. The normalized spacial score (nSPS) is 10.9. The number of phenols is 2. The summed E-state index contributed by atoms with van der Waals surface area (Å²) in [7, 11) is 2.34. The van der Waals surface area contributed by atoms with E-state index in [9.17, 15) is 54.7 Å². The van der Waals surface area contributed by atoms with Gasteiger partial charge in [0.15, 0.2) is 23.0 Å². The molecule has 0 saturated carbocycles. The number of nitriles is 1. The predicted octanol–water partition coefficient (Wildman–Crippen LogP) is 3.88. The van der Waals surface area contributed by atoms with Crippen molar-refractivity contribution in [3.05, 3.63) is 105 Å². The van der Waals surface area contributed by atoms with Gasteiger partial charge in [0.1, 0.15) is 11.6 Å². The summed E-state index contributed by atoms with van der Waals surface area (Å²) >= 11 is 0. The fourth-order valence-corrected chi connectivity index (χ4v) is 4.70. The van der Waals surface area contributed by atoms with Crippen LogP contribution in [0, 0.1) is 21.4 Å². The summed E-state index contributed by atoms with van der Waals surface area (Å²) in [5.41, 5.74) is -0.790. The van der Waals surface area contributed by atoms with Gasteiger partial charge in [-0.05, 0) is 60.7 Å². The molecular formula is C34H28N6O12. The zero-order valence-electron chi connectivity index (χ0n) is 27.1. The van der Waals surface area contributed by atoms with E-state index < -0.39 is 64.0 Å². The van der Waals surface area contributed by atoms with Gasteiger partial charge in [-0.1, -0.05) is 0 Å². The lowest BCUT2D eigenvalue weighted by Gasteiger charge is -2.17. The summed E-state index contributed by atoms with van der Waals surface area (Å²) in [6.45, 7) is 0. The number of carbonyl (C=O) groups is 5. The van der Waals surface area contributed by atoms with E-state index in [4.69, 9.17) is 9.47 Å². The van der Waals surface area contributed by atoms with Gasteiger partial charge in [0, 0.05) is 28.9 Å². The van der Waals surface area contributed by atoms with Crippen molar-refractivity contribution in [3.63, 3.8) is 0 Å². The number of amides is 4. The molecule has 0 aliphatic carbocycles. The quantitative estimate of drug-likeness (QED) is 0.0766. The van der Waals surface area contributed by atoms with Gasteiger partial charge in [-0.25, -0.2) is 4.79 Å². The van der Waals surface area contributed by atoms with Crippen LogP contribution in [0.25, 0.3) is 0 Å². The monoisotopic (exact) mass is 712 g/mol. The number of aromatic carboxylic acids is 1. The minimum absolute atomic E-state index is 0.0249. The molecule has 4 aromatic rings. The van der Waals surface area contributed by atoms with Gasteiger partial charge in [0.05, 0.1) is 48.6 Å². The number of carboxylic acid groups (broad SMARTS) is 1. The second kappa shape index (κ2) is 16.1. The molecule has 4 amide bonds. The van der Waals surface area contributed by atoms with Gasteiger partial charge in [-0.15, -0.1) is 0 Å². The van der Waals surface area contributed by atoms with Crippen molar-refractivity contribution in [3.8, 4) is 29.1 Å². The number of carbonyl (C=O) groups excluding carboxylic acids is 4. The highest BCUT2D eigenvalue weighted by Gasteiger charge is 2.25. The Labute approximate surface area is 293 Å². The molecule has 0 radical (unpaired) electrons. The summed E-state index contributed by atoms with van der Waals surface area (Å²) in [6, 6.07) is 15.3. The van der Waals surface area contributed by atoms with E-state index >= 15 is 0 Å². The molecule has 0 saturated heterocycles. The number of phenolic OH excluding ortho intramolecular Hbond substituents is 1. The average molecular weight is 713 g/mol. The highest BCUT2D eigenvalue weighted by Crippen LogP contribution is 2.40. The topological polar surface area (TPSA) is 280 Å². The molecule has 0 fully saturated rings. The lowest BCUT2D eigenvalue weighted by atomic mass is 10.1. The zero-order valence-corrected chi connectivity index (χ0v) is 27.1. The van der Waals surface area contributed by atoms with E-state index in [1.807, 2.05) is 6.07 Å². The summed E-state index contributed by atoms with van der Waals surface area (Å²) in [4.78, 5) is 73.1. The molecule has 0 aliphatic heterocycles. The van der Waals surface area contributed by atoms with Crippen LogP contribution in [0.1, 0.15) is 47.9 Å². The molecule has 18 nitrogen and oxygen atoms in total. The van der Waals surface area contributed by atoms with Crippen LogP contribution in [-0.2, 0) is 4.79 Å². The van der Waals surface area contributed by atoms with Crippen molar-refractivity contribution in [2.75, 3.05) is 30.2 Å². The Bertz CT molecular complexity index is 2110. The Morgan fingerprint density at radius 2 is 1.25 bits per heavy atom. The Morgan fingerprint density at radius 1 is 0.750 bits per heavy atom. The molecule has 1 unspecified atom stereocenters. The van der Waals surface area contributed by atoms with Gasteiger partial charge in [0.2, 0.25) is 5.91 Å². The third kappa shape index (κ3) is 8.30. The summed E-state index contributed by atoms with van der Waals surface area (Å²) in [5, 5.41) is 60.2. The number of nitro benzene ring substituents is 1. The first kappa shape index (κ1) is 37.1. The number of hydrogen-bond acceptors (Lipinski definition) is 12. The molecule has 266 valence electrons. The Kier molecular flexibility index (Phi) is 11.5. The summed E-state index contributed by atoms with van der Waals surface area (Å²) < 4.78 is 10.3. The first-order chi connectivity index (χ1) is 24.8. The third-order valence-electron chi connectivity index (χ3n) is 7.31. The Morgan fingerprint density at radius 3 is 1.77 bits per heavy atom. The number of nitrogens with one attached hydrogen (secondary N) is 4. The van der Waals surface area contributed by atoms with Gasteiger partial charge >= 0.3 is 5.97 Å². The lowest BCUT2D eigenvalue weighted by Crippen LogP contribution is -2.43. The Hall–Kier alpha value is -7.68. The van der Waals surface area contributed by atoms with E-state index in [2.05, 4.69) is 21.3 Å². The van der Waals surface area contributed by atoms with Crippen LogP contribution in [-0.4, -0.2) is 70.1 Å². The fraction of sp³-hybridized carbons (Fsp3) is 0.118. The molecule has 1 atom stereocenters. The standard InChI is InChI=1S/C34H28N6O12/c1-51-28-23(13-11-21(26(28)41)32(45)38-24-14-12-22(34(47)48)27(42)29(24)52-2)37-30(43)17-3-7-19(8-4-17)36-33(46)25(15-16-35)39-31(44)18-5-9-20(10-6-18)40(49)50/h3-14,25,41-42H,15H2,1-2H3,(H,36,46)(H,37,43)(H,38,45)(H,39,44)(H,47,48). The second-order valence-corrected chi connectivity index (χ2v) is 10.6. The minimum atomic E-state index is -1.43. The number of rotatable bonds is 13. The molecule has 4 rings (SSSR count). The maximum absolute atomic E-state index is 13.1. The molecule has 18 heteroatoms. The smallest absolute Gasteiger partial charge is 0.339 e. The van der Waals surface area contributed by atoms with Crippen molar-refractivity contribution in [1.29, 1.82) is 5.26 Å². The molecular weight excluding hydrogens is 684 g/mol. The van der Waals surface area contributed by atoms with E-state index in [-0.39, 0.29) is 50.9 Å². The van der Waals surface area contributed by atoms with Crippen LogP contribution in [0.15, 0.2) is 72.8 Å². The largest absolute Gasteiger partial charge is 0.504 e. The van der Waals surface area contributed by atoms with Gasteiger partial charge in [0.25, 0.3) is 23.4 Å². The number of nitro groups is 1. The maximum atomic E-state index is 13.1. The number of benzene rings is 4. The van der Waals surface area contributed by atoms with Crippen molar-refractivity contribution in [2.24, 2.45) is 0 Å². The highest BCUT2D eigenvalue weighted by molar-refractivity contribution is 6.10. The Balaban J connectivity index is 1.43. The van der Waals surface area contributed by atoms with E-state index in [0.29, 0.717) is 0 Å². The van der Waals surface area contributed by atoms with Crippen LogP contribution in [0.2, 0.25) is 0 Å². The number of anilines is 3. The van der Waals surface area contributed by atoms with Crippen molar-refractivity contribution in [1.82, 2.24) is 5.32 Å². The van der Waals surface area contributed by atoms with E-state index in [1.165, 1.54) is 61.7 Å². The number of ether oxygens (including phenoxy) is 2. The second-order valence-electron chi connectivity index (χ2n) is 10.6. The molecule has 7 N–H and O–H groups in total. The molecule has 0 bridgehead atoms. The van der Waals surface area contributed by atoms with Crippen LogP contribution >= 0.6 is 0 Å². The maximum Gasteiger partial charge on any atom is 0.339 e. The van der Waals surface area contributed by atoms with E-state index in [1.54, 1.807) is 0 Å². The number of non-ortho nitro benzene ring substituents is 1. The van der Waals surface area contributed by atoms with Crippen molar-refractivity contribution in [2.45, 2.75) is 12.5 Å². The summed E-state index contributed by atoms with van der Waals surface area (Å²) in [5.74, 6) is -6.47. The van der Waals surface area contributed by atoms with Crippen LogP contribution in [0.5, 0.6) is 23.0 Å². The van der Waals surface area contributed by atoms with Crippen molar-refractivity contribution < 1.29 is 53.7 Å². The fourth-order valence-electron chi connectivity index (χ4n) is 4.70. The third-order valence-corrected chi connectivity index (χ3v) is 7.31. The molecule has 0 heterocycles. The molecule has 0 aromatic heterocycles. The zero-order chi connectivity index (χ0) is 38.1. The predicted molar refractivity (Wildman–Crippen MR) is 182 cm³/mol. The number of methoxy groups -OCH3 is 2. The number of hydrogen-bond donors (Lipinski definition) is 7. The van der Waals surface area contributed by atoms with Crippen molar-refractivity contribution >= 4 is 52.3 Å².